The normalized spacial score (nSPS) is 10.7. The van der Waals surface area contributed by atoms with Gasteiger partial charge in [0.05, 0.1) is 5.56 Å². The number of nitrogen functional groups attached to an aromatic ring is 2. The molecule has 1 rings (SSSR count). The molecule has 5 heteroatoms. The van der Waals surface area contributed by atoms with Gasteiger partial charge in [-0.25, -0.2) is 0 Å². The highest BCUT2D eigenvalue weighted by atomic mass is 16.1. The van der Waals surface area contributed by atoms with Gasteiger partial charge in [-0.15, -0.1) is 0 Å². The summed E-state index contributed by atoms with van der Waals surface area (Å²) in [5.41, 5.74) is 12.8. The van der Waals surface area contributed by atoms with Crippen LogP contribution in [-0.4, -0.2) is 37.0 Å². The van der Waals surface area contributed by atoms with E-state index in [1.54, 1.807) is 18.2 Å². The number of hydrogen-bond acceptors (Lipinski definition) is 4. The molecule has 5 N–H and O–H groups in total. The van der Waals surface area contributed by atoms with Crippen LogP contribution in [0.25, 0.3) is 0 Å². The second-order valence-electron chi connectivity index (χ2n) is 4.48. The second kappa shape index (κ2) is 7.63. The monoisotopic (exact) mass is 264 g/mol. The molecule has 0 heterocycles. The summed E-state index contributed by atoms with van der Waals surface area (Å²) < 4.78 is 0. The van der Waals surface area contributed by atoms with Gasteiger partial charge in [0.25, 0.3) is 5.91 Å². The molecule has 0 radical (unpaired) electrons. The molecule has 0 atom stereocenters. The molecule has 0 bridgehead atoms. The van der Waals surface area contributed by atoms with Crippen LogP contribution >= 0.6 is 0 Å². The van der Waals surface area contributed by atoms with Gasteiger partial charge in [-0.05, 0) is 44.3 Å². The number of amides is 1. The lowest BCUT2D eigenvalue weighted by Crippen LogP contribution is -2.30. The zero-order chi connectivity index (χ0) is 14.3. The number of nitrogens with two attached hydrogens (primary N) is 2. The Morgan fingerprint density at radius 1 is 1.26 bits per heavy atom. The number of benzene rings is 1. The number of nitrogens with zero attached hydrogens (tertiary/aromatic N) is 1. The highest BCUT2D eigenvalue weighted by Crippen LogP contribution is 2.15. The number of anilines is 2. The molecule has 0 aliphatic carbocycles. The number of nitrogens with one attached hydrogen (secondary N) is 1. The molecule has 0 saturated heterocycles. The lowest BCUT2D eigenvalue weighted by Gasteiger charge is -2.17. The first kappa shape index (κ1) is 15.3. The summed E-state index contributed by atoms with van der Waals surface area (Å²) in [5, 5.41) is 2.88. The van der Waals surface area contributed by atoms with Crippen LogP contribution < -0.4 is 16.8 Å². The van der Waals surface area contributed by atoms with Crippen molar-refractivity contribution < 1.29 is 4.79 Å². The summed E-state index contributed by atoms with van der Waals surface area (Å²) >= 11 is 0. The zero-order valence-corrected chi connectivity index (χ0v) is 11.8. The summed E-state index contributed by atoms with van der Waals surface area (Å²) in [6.45, 7) is 7.99. The zero-order valence-electron chi connectivity index (χ0n) is 11.8. The van der Waals surface area contributed by atoms with E-state index in [2.05, 4.69) is 24.1 Å². The first-order chi connectivity index (χ1) is 9.08. The number of carbonyl (C=O) groups excluding carboxylic acids is 1. The number of hydrogen-bond donors (Lipinski definition) is 3. The molecule has 0 spiro atoms. The molecule has 0 aliphatic heterocycles. The summed E-state index contributed by atoms with van der Waals surface area (Å²) in [6.07, 6.45) is 0.933. The third-order valence-electron chi connectivity index (χ3n) is 3.15. The lowest BCUT2D eigenvalue weighted by atomic mass is 10.1. The van der Waals surface area contributed by atoms with Crippen LogP contribution in [0, 0.1) is 0 Å². The molecule has 106 valence electrons. The maximum atomic E-state index is 11.9. The Bertz CT molecular complexity index is 416. The third-order valence-corrected chi connectivity index (χ3v) is 3.15. The largest absolute Gasteiger partial charge is 0.399 e. The van der Waals surface area contributed by atoms with E-state index in [0.717, 1.165) is 26.1 Å². The van der Waals surface area contributed by atoms with E-state index in [1.165, 1.54) is 0 Å². The maximum Gasteiger partial charge on any atom is 0.253 e. The Kier molecular flexibility index (Phi) is 6.15. The molecule has 0 saturated carbocycles. The molecule has 19 heavy (non-hydrogen) atoms. The molecule has 5 nitrogen and oxygen atoms in total. The summed E-state index contributed by atoms with van der Waals surface area (Å²) in [4.78, 5) is 14.2. The van der Waals surface area contributed by atoms with Crippen molar-refractivity contribution in [2.24, 2.45) is 0 Å². The van der Waals surface area contributed by atoms with Crippen LogP contribution in [0.4, 0.5) is 11.4 Å². The van der Waals surface area contributed by atoms with Crippen molar-refractivity contribution in [1.82, 2.24) is 10.2 Å². The molecule has 0 fully saturated rings. The van der Waals surface area contributed by atoms with Gasteiger partial charge in [-0.3, -0.25) is 4.79 Å². The van der Waals surface area contributed by atoms with Crippen LogP contribution in [0.3, 0.4) is 0 Å². The predicted octanol–water partition coefficient (Wildman–Crippen LogP) is 1.31. The van der Waals surface area contributed by atoms with E-state index in [0.29, 0.717) is 23.5 Å². The van der Waals surface area contributed by atoms with Crippen LogP contribution in [0.2, 0.25) is 0 Å². The Balaban J connectivity index is 2.39. The van der Waals surface area contributed by atoms with E-state index in [-0.39, 0.29) is 5.91 Å². The third kappa shape index (κ3) is 4.79. The van der Waals surface area contributed by atoms with Gasteiger partial charge < -0.3 is 21.7 Å². The minimum absolute atomic E-state index is 0.142. The van der Waals surface area contributed by atoms with E-state index < -0.39 is 0 Å². The van der Waals surface area contributed by atoms with E-state index >= 15 is 0 Å². The van der Waals surface area contributed by atoms with Gasteiger partial charge in [0.15, 0.2) is 0 Å². The molecule has 1 aromatic carbocycles. The SMILES string of the molecule is CCN(CC)CCCNC(=O)c1ccc(N)cc1N. The molecular formula is C14H24N4O. The standard InChI is InChI=1S/C14H24N4O/c1-3-18(4-2)9-5-8-17-14(19)12-7-6-11(15)10-13(12)16/h6-7,10H,3-5,8-9,15-16H2,1-2H3,(H,17,19). The topological polar surface area (TPSA) is 84.4 Å². The fourth-order valence-electron chi connectivity index (χ4n) is 1.93. The van der Waals surface area contributed by atoms with Gasteiger partial charge in [0, 0.05) is 17.9 Å². The van der Waals surface area contributed by atoms with Crippen molar-refractivity contribution in [2.75, 3.05) is 37.6 Å². The minimum Gasteiger partial charge on any atom is -0.399 e. The molecule has 0 aliphatic rings. The number of carbonyl (C=O) groups is 1. The minimum atomic E-state index is -0.142. The quantitative estimate of drug-likeness (QED) is 0.512. The van der Waals surface area contributed by atoms with Crippen molar-refractivity contribution in [3.8, 4) is 0 Å². The summed E-state index contributed by atoms with van der Waals surface area (Å²) in [7, 11) is 0. The van der Waals surface area contributed by atoms with Crippen molar-refractivity contribution >= 4 is 17.3 Å². The highest BCUT2D eigenvalue weighted by Gasteiger charge is 2.09. The first-order valence-electron chi connectivity index (χ1n) is 6.74. The van der Waals surface area contributed by atoms with Crippen LogP contribution in [0.5, 0.6) is 0 Å². The van der Waals surface area contributed by atoms with Crippen molar-refractivity contribution in [3.05, 3.63) is 23.8 Å². The Labute approximate surface area is 115 Å². The highest BCUT2D eigenvalue weighted by molar-refractivity contribution is 5.99. The second-order valence-corrected chi connectivity index (χ2v) is 4.48. The summed E-state index contributed by atoms with van der Waals surface area (Å²) in [5.74, 6) is -0.142. The van der Waals surface area contributed by atoms with E-state index in [9.17, 15) is 4.79 Å². The van der Waals surface area contributed by atoms with Crippen molar-refractivity contribution in [3.63, 3.8) is 0 Å². The van der Waals surface area contributed by atoms with Gasteiger partial charge in [0.2, 0.25) is 0 Å². The maximum absolute atomic E-state index is 11.9. The lowest BCUT2D eigenvalue weighted by molar-refractivity contribution is 0.0953. The van der Waals surface area contributed by atoms with Crippen LogP contribution in [-0.2, 0) is 0 Å². The van der Waals surface area contributed by atoms with Crippen LogP contribution in [0.1, 0.15) is 30.6 Å². The fraction of sp³-hybridized carbons (Fsp3) is 0.500. The summed E-state index contributed by atoms with van der Waals surface area (Å²) in [6, 6.07) is 4.94. The Morgan fingerprint density at radius 2 is 1.95 bits per heavy atom. The van der Waals surface area contributed by atoms with E-state index in [1.807, 2.05) is 0 Å². The molecule has 1 amide bonds. The van der Waals surface area contributed by atoms with Gasteiger partial charge >= 0.3 is 0 Å². The first-order valence-corrected chi connectivity index (χ1v) is 6.74. The molecule has 0 unspecified atom stereocenters. The number of rotatable bonds is 7. The molecular weight excluding hydrogens is 240 g/mol. The fourth-order valence-corrected chi connectivity index (χ4v) is 1.93. The predicted molar refractivity (Wildman–Crippen MR) is 80.0 cm³/mol. The average Bonchev–Trinajstić information content (AvgIpc) is 2.38. The molecule has 1 aromatic rings. The van der Waals surface area contributed by atoms with Crippen molar-refractivity contribution in [2.45, 2.75) is 20.3 Å². The Morgan fingerprint density at radius 3 is 2.53 bits per heavy atom. The van der Waals surface area contributed by atoms with Gasteiger partial charge in [-0.2, -0.15) is 0 Å². The van der Waals surface area contributed by atoms with Gasteiger partial charge in [0.1, 0.15) is 0 Å². The smallest absolute Gasteiger partial charge is 0.253 e. The Hall–Kier alpha value is -1.75. The van der Waals surface area contributed by atoms with Crippen molar-refractivity contribution in [1.29, 1.82) is 0 Å². The van der Waals surface area contributed by atoms with E-state index in [4.69, 9.17) is 11.5 Å². The van der Waals surface area contributed by atoms with Gasteiger partial charge in [-0.1, -0.05) is 13.8 Å². The molecule has 0 aromatic heterocycles. The average molecular weight is 264 g/mol. The van der Waals surface area contributed by atoms with Crippen LogP contribution in [0.15, 0.2) is 18.2 Å².